The molecule has 0 bridgehead atoms. The zero-order chi connectivity index (χ0) is 14.8. The minimum atomic E-state index is -0.444. The summed E-state index contributed by atoms with van der Waals surface area (Å²) in [7, 11) is 0. The standard InChI is InChI=1S/2C6H5FN2O.2ClH/c2*7-6-4-8-2-1-5(6)3-9-10;;/h2*1-4,10H;2*1H. The van der Waals surface area contributed by atoms with Crippen molar-refractivity contribution in [2.24, 2.45) is 10.3 Å². The van der Waals surface area contributed by atoms with Crippen molar-refractivity contribution in [3.8, 4) is 0 Å². The number of oxime groups is 2. The molecule has 0 saturated heterocycles. The summed E-state index contributed by atoms with van der Waals surface area (Å²) in [5.41, 5.74) is 0.502. The molecular formula is C12H12Cl2F2N4O2. The number of rotatable bonds is 2. The van der Waals surface area contributed by atoms with Crippen LogP contribution in [0.2, 0.25) is 0 Å². The molecule has 10 heteroatoms. The Labute approximate surface area is 137 Å². The van der Waals surface area contributed by atoms with Gasteiger partial charge < -0.3 is 35.2 Å². The van der Waals surface area contributed by atoms with E-state index in [1.165, 1.54) is 24.5 Å². The molecule has 0 amide bonds. The lowest BCUT2D eigenvalue weighted by molar-refractivity contribution is -0.381. The normalized spacial score (nSPS) is 9.55. The van der Waals surface area contributed by atoms with Crippen LogP contribution in [0.15, 0.2) is 47.2 Å². The van der Waals surface area contributed by atoms with Crippen molar-refractivity contribution in [2.75, 3.05) is 0 Å². The first-order valence-electron chi connectivity index (χ1n) is 5.35. The van der Waals surface area contributed by atoms with Crippen LogP contribution in [-0.4, -0.2) is 22.8 Å². The van der Waals surface area contributed by atoms with Crippen LogP contribution in [0.25, 0.3) is 0 Å². The quantitative estimate of drug-likeness (QED) is 0.321. The Kier molecular flexibility index (Phi) is 12.4. The third-order valence-corrected chi connectivity index (χ3v) is 2.08. The lowest BCUT2D eigenvalue weighted by Crippen LogP contribution is -3.00. The van der Waals surface area contributed by atoms with Crippen molar-refractivity contribution in [3.63, 3.8) is 0 Å². The molecule has 0 aliphatic rings. The molecule has 0 radical (unpaired) electrons. The Morgan fingerprint density at radius 1 is 0.818 bits per heavy atom. The first kappa shape index (κ1) is 22.0. The first-order valence-corrected chi connectivity index (χ1v) is 5.35. The summed E-state index contributed by atoms with van der Waals surface area (Å²) in [6, 6.07) is 2.93. The van der Waals surface area contributed by atoms with Crippen LogP contribution in [0.4, 0.5) is 8.78 Å². The fourth-order valence-electron chi connectivity index (χ4n) is 1.18. The smallest absolute Gasteiger partial charge is 0.203 e. The van der Waals surface area contributed by atoms with Crippen LogP contribution in [0, 0.1) is 11.6 Å². The number of halogens is 4. The Morgan fingerprint density at radius 3 is 1.45 bits per heavy atom. The fraction of sp³-hybridized carbons (Fsp3) is 0. The summed E-state index contributed by atoms with van der Waals surface area (Å²) in [4.78, 5) is 5.08. The van der Waals surface area contributed by atoms with Gasteiger partial charge in [0.2, 0.25) is 12.4 Å². The van der Waals surface area contributed by atoms with Crippen molar-refractivity contribution in [1.82, 2.24) is 0 Å². The average Bonchev–Trinajstić information content (AvgIpc) is 2.45. The molecule has 0 saturated carbocycles. The van der Waals surface area contributed by atoms with E-state index in [9.17, 15) is 8.78 Å². The van der Waals surface area contributed by atoms with Gasteiger partial charge in [-0.1, -0.05) is 10.3 Å². The van der Waals surface area contributed by atoms with Crippen LogP contribution < -0.4 is 34.8 Å². The number of nitrogens with zero attached hydrogens (tertiary/aromatic N) is 2. The zero-order valence-corrected chi connectivity index (χ0v) is 12.4. The van der Waals surface area contributed by atoms with Crippen molar-refractivity contribution < 1.29 is 54.0 Å². The highest BCUT2D eigenvalue weighted by Gasteiger charge is 2.00. The van der Waals surface area contributed by atoms with E-state index in [2.05, 4.69) is 20.3 Å². The van der Waals surface area contributed by atoms with Crippen molar-refractivity contribution >= 4 is 12.4 Å². The molecule has 22 heavy (non-hydrogen) atoms. The van der Waals surface area contributed by atoms with Gasteiger partial charge in [-0.2, -0.15) is 8.78 Å². The van der Waals surface area contributed by atoms with Gasteiger partial charge in [0, 0.05) is 23.3 Å². The Morgan fingerprint density at radius 2 is 1.18 bits per heavy atom. The topological polar surface area (TPSA) is 93.5 Å². The molecule has 0 atom stereocenters. The van der Waals surface area contributed by atoms with Crippen LogP contribution in [0.5, 0.6) is 0 Å². The van der Waals surface area contributed by atoms with E-state index in [0.29, 0.717) is 0 Å². The van der Waals surface area contributed by atoms with E-state index in [0.717, 1.165) is 12.4 Å². The Hall–Kier alpha value is -2.32. The molecule has 120 valence electrons. The van der Waals surface area contributed by atoms with Crippen molar-refractivity contribution in [3.05, 3.63) is 59.7 Å². The Balaban J connectivity index is 0. The van der Waals surface area contributed by atoms with Gasteiger partial charge in [-0.3, -0.25) is 0 Å². The molecule has 0 fully saturated rings. The highest BCUT2D eigenvalue weighted by Crippen LogP contribution is 1.98. The summed E-state index contributed by atoms with van der Waals surface area (Å²) in [6.07, 6.45) is 7.50. The van der Waals surface area contributed by atoms with E-state index < -0.39 is 11.6 Å². The van der Waals surface area contributed by atoms with Crippen molar-refractivity contribution in [2.45, 2.75) is 0 Å². The van der Waals surface area contributed by atoms with Crippen LogP contribution >= 0.6 is 0 Å². The molecule has 0 aliphatic heterocycles. The summed E-state index contributed by atoms with van der Waals surface area (Å²) < 4.78 is 25.1. The molecule has 0 spiro atoms. The molecule has 2 heterocycles. The largest absolute Gasteiger partial charge is 1.00 e. The van der Waals surface area contributed by atoms with Crippen LogP contribution in [0.3, 0.4) is 0 Å². The van der Waals surface area contributed by atoms with Gasteiger partial charge in [0.1, 0.15) is 0 Å². The number of pyridine rings is 2. The van der Waals surface area contributed by atoms with Gasteiger partial charge in [-0.15, -0.1) is 0 Å². The molecule has 2 rings (SSSR count). The van der Waals surface area contributed by atoms with Crippen LogP contribution in [-0.2, 0) is 0 Å². The van der Waals surface area contributed by atoms with Gasteiger partial charge in [-0.25, -0.2) is 9.97 Å². The van der Waals surface area contributed by atoms with Gasteiger partial charge in [0.05, 0.1) is 12.4 Å². The van der Waals surface area contributed by atoms with Gasteiger partial charge in [-0.05, 0) is 0 Å². The van der Waals surface area contributed by atoms with E-state index in [1.807, 2.05) is 0 Å². The molecule has 2 aromatic heterocycles. The lowest BCUT2D eigenvalue weighted by atomic mass is 10.3. The second-order valence-corrected chi connectivity index (χ2v) is 3.38. The molecule has 6 nitrogen and oxygen atoms in total. The molecule has 4 N–H and O–H groups in total. The molecule has 0 unspecified atom stereocenters. The molecular weight excluding hydrogens is 341 g/mol. The number of aromatic amines is 2. The zero-order valence-electron chi connectivity index (χ0n) is 10.9. The maximum atomic E-state index is 12.5. The molecule has 0 aromatic carbocycles. The van der Waals surface area contributed by atoms with Crippen LogP contribution in [0.1, 0.15) is 11.1 Å². The van der Waals surface area contributed by atoms with E-state index in [-0.39, 0.29) is 35.9 Å². The number of aromatic nitrogens is 2. The average molecular weight is 353 g/mol. The fourth-order valence-corrected chi connectivity index (χ4v) is 1.18. The lowest BCUT2D eigenvalue weighted by Gasteiger charge is -1.86. The summed E-state index contributed by atoms with van der Waals surface area (Å²) in [6.45, 7) is 0. The monoisotopic (exact) mass is 352 g/mol. The van der Waals surface area contributed by atoms with E-state index >= 15 is 0 Å². The predicted octanol–water partition coefficient (Wildman–Crippen LogP) is -5.10. The second kappa shape index (κ2) is 12.4. The van der Waals surface area contributed by atoms with Gasteiger partial charge in [0.25, 0.3) is 0 Å². The van der Waals surface area contributed by atoms with E-state index in [1.54, 1.807) is 12.4 Å². The first-order chi connectivity index (χ1) is 9.69. The van der Waals surface area contributed by atoms with Gasteiger partial charge in [0.15, 0.2) is 24.0 Å². The maximum absolute atomic E-state index is 12.5. The third-order valence-electron chi connectivity index (χ3n) is 2.08. The number of nitrogens with one attached hydrogen (secondary N) is 2. The second-order valence-electron chi connectivity index (χ2n) is 3.38. The third kappa shape index (κ3) is 7.46. The highest BCUT2D eigenvalue weighted by atomic mass is 35.5. The summed E-state index contributed by atoms with van der Waals surface area (Å²) >= 11 is 0. The SMILES string of the molecule is ON=Cc1cc[nH+]cc1F.ON=Cc1cc[nH+]cc1F.[Cl-].[Cl-]. The number of H-pyrrole nitrogens is 2. The maximum Gasteiger partial charge on any atom is 0.203 e. The predicted molar refractivity (Wildman–Crippen MR) is 64.7 cm³/mol. The molecule has 2 aromatic rings. The van der Waals surface area contributed by atoms with E-state index in [4.69, 9.17) is 10.4 Å². The van der Waals surface area contributed by atoms with Gasteiger partial charge >= 0.3 is 0 Å². The van der Waals surface area contributed by atoms with Crippen molar-refractivity contribution in [1.29, 1.82) is 0 Å². The highest BCUT2D eigenvalue weighted by molar-refractivity contribution is 5.79. The molecule has 0 aliphatic carbocycles. The Bertz CT molecular complexity index is 562. The minimum Gasteiger partial charge on any atom is -1.00 e. The number of hydrogen-bond donors (Lipinski definition) is 2. The summed E-state index contributed by atoms with van der Waals surface area (Å²) in [5, 5.41) is 21.4. The summed E-state index contributed by atoms with van der Waals surface area (Å²) in [5.74, 6) is -0.888. The number of hydrogen-bond acceptors (Lipinski definition) is 4. The minimum absolute atomic E-state index is 0.